The Morgan fingerprint density at radius 2 is 1.77 bits per heavy atom. The molecule has 10 heteroatoms. The molecule has 2 amide bonds. The van der Waals surface area contributed by atoms with Crippen LogP contribution in [0.3, 0.4) is 0 Å². The fourth-order valence-electron chi connectivity index (χ4n) is 3.34. The molecule has 0 saturated carbocycles. The number of hydrogen-bond acceptors (Lipinski definition) is 5. The predicted molar refractivity (Wildman–Crippen MR) is 144 cm³/mol. The van der Waals surface area contributed by atoms with E-state index < -0.39 is 0 Å². The minimum Gasteiger partial charge on any atom is -0.493 e. The second kappa shape index (κ2) is 11.3. The Balaban J connectivity index is 1.54. The largest absolute Gasteiger partial charge is 0.493 e. The summed E-state index contributed by atoms with van der Waals surface area (Å²) < 4.78 is 12.1. The first-order chi connectivity index (χ1) is 16.8. The van der Waals surface area contributed by atoms with E-state index in [1.165, 1.54) is 12.0 Å². The SMILES string of the molecule is COc1cc(/C=C2\SC(=O)N(Cc3ccccc3Cl)C2=O)cc(Br)c1OCc1ccc(Cl)cc1Cl. The van der Waals surface area contributed by atoms with Crippen molar-refractivity contribution in [2.45, 2.75) is 13.2 Å². The lowest BCUT2D eigenvalue weighted by Crippen LogP contribution is -2.27. The van der Waals surface area contributed by atoms with E-state index in [1.54, 1.807) is 54.6 Å². The third-order valence-corrected chi connectivity index (χ3v) is 7.55. The van der Waals surface area contributed by atoms with Gasteiger partial charge in [0.25, 0.3) is 11.1 Å². The Hall–Kier alpha value is -2.16. The van der Waals surface area contributed by atoms with Gasteiger partial charge in [0.15, 0.2) is 11.5 Å². The Bertz CT molecular complexity index is 1350. The van der Waals surface area contributed by atoms with Gasteiger partial charge >= 0.3 is 0 Å². The molecule has 0 radical (unpaired) electrons. The zero-order valence-corrected chi connectivity index (χ0v) is 22.9. The monoisotopic (exact) mass is 611 g/mol. The number of rotatable bonds is 7. The molecule has 1 saturated heterocycles. The number of methoxy groups -OCH3 is 1. The van der Waals surface area contributed by atoms with E-state index in [9.17, 15) is 9.59 Å². The molecule has 4 rings (SSSR count). The van der Waals surface area contributed by atoms with E-state index in [1.807, 2.05) is 6.07 Å². The Morgan fingerprint density at radius 1 is 1.00 bits per heavy atom. The van der Waals surface area contributed by atoms with Crippen molar-refractivity contribution >= 4 is 79.7 Å². The van der Waals surface area contributed by atoms with Crippen molar-refractivity contribution in [1.29, 1.82) is 0 Å². The average Bonchev–Trinajstić information content (AvgIpc) is 3.07. The first-order valence-electron chi connectivity index (χ1n) is 10.2. The number of ether oxygens (including phenoxy) is 2. The van der Waals surface area contributed by atoms with Crippen molar-refractivity contribution < 1.29 is 19.1 Å². The molecule has 0 unspecified atom stereocenters. The standard InChI is InChI=1S/C25H17BrCl3NO4S/c1-33-21-9-14(8-18(26)23(21)34-13-16-6-7-17(27)11-20(16)29)10-22-24(31)30(25(32)35-22)12-15-4-2-3-5-19(15)28/h2-11H,12-13H2,1H3/b22-10-. The molecule has 0 N–H and O–H groups in total. The Labute approximate surface area is 230 Å². The van der Waals surface area contributed by atoms with Gasteiger partial charge in [0, 0.05) is 20.6 Å². The molecule has 0 aliphatic carbocycles. The zero-order valence-electron chi connectivity index (χ0n) is 18.2. The molecule has 35 heavy (non-hydrogen) atoms. The molecule has 5 nitrogen and oxygen atoms in total. The third-order valence-electron chi connectivity index (χ3n) is 5.10. The number of benzene rings is 3. The maximum atomic E-state index is 12.9. The van der Waals surface area contributed by atoms with E-state index in [0.29, 0.717) is 47.1 Å². The molecular weight excluding hydrogens is 597 g/mol. The molecule has 1 fully saturated rings. The molecule has 1 aliphatic rings. The highest BCUT2D eigenvalue weighted by Crippen LogP contribution is 2.40. The number of halogens is 4. The maximum absolute atomic E-state index is 12.9. The number of imide groups is 1. The number of amides is 2. The van der Waals surface area contributed by atoms with E-state index in [-0.39, 0.29) is 24.3 Å². The van der Waals surface area contributed by atoms with Crippen LogP contribution in [0.15, 0.2) is 64.0 Å². The number of hydrogen-bond donors (Lipinski definition) is 0. The van der Waals surface area contributed by atoms with Crippen molar-refractivity contribution in [2.24, 2.45) is 0 Å². The molecule has 0 bridgehead atoms. The quantitative estimate of drug-likeness (QED) is 0.251. The summed E-state index contributed by atoms with van der Waals surface area (Å²) in [6.07, 6.45) is 1.64. The summed E-state index contributed by atoms with van der Waals surface area (Å²) in [7, 11) is 1.52. The summed E-state index contributed by atoms with van der Waals surface area (Å²) in [6.45, 7) is 0.306. The van der Waals surface area contributed by atoms with Crippen molar-refractivity contribution in [3.63, 3.8) is 0 Å². The number of carbonyl (C=O) groups is 2. The molecule has 0 spiro atoms. The fourth-order valence-corrected chi connectivity index (χ4v) is 5.41. The minimum atomic E-state index is -0.382. The van der Waals surface area contributed by atoms with Crippen molar-refractivity contribution in [2.75, 3.05) is 7.11 Å². The highest BCUT2D eigenvalue weighted by molar-refractivity contribution is 9.10. The smallest absolute Gasteiger partial charge is 0.293 e. The van der Waals surface area contributed by atoms with Crippen LogP contribution in [0.2, 0.25) is 15.1 Å². The van der Waals surface area contributed by atoms with Crippen LogP contribution in [0, 0.1) is 0 Å². The normalized spacial score (nSPS) is 14.7. The summed E-state index contributed by atoms with van der Waals surface area (Å²) in [5, 5.41) is 1.18. The topological polar surface area (TPSA) is 55.8 Å². The van der Waals surface area contributed by atoms with E-state index in [2.05, 4.69) is 15.9 Å². The molecule has 0 atom stereocenters. The number of nitrogens with zero attached hydrogens (tertiary/aromatic N) is 1. The van der Waals surface area contributed by atoms with Crippen LogP contribution in [-0.4, -0.2) is 23.2 Å². The van der Waals surface area contributed by atoms with Gasteiger partial charge in [-0.15, -0.1) is 0 Å². The maximum Gasteiger partial charge on any atom is 0.293 e. The van der Waals surface area contributed by atoms with Gasteiger partial charge < -0.3 is 9.47 Å². The molecule has 1 heterocycles. The van der Waals surface area contributed by atoms with E-state index in [4.69, 9.17) is 44.3 Å². The van der Waals surface area contributed by atoms with Gasteiger partial charge in [-0.3, -0.25) is 14.5 Å². The highest BCUT2D eigenvalue weighted by Gasteiger charge is 2.35. The minimum absolute atomic E-state index is 0.106. The first-order valence-corrected chi connectivity index (χ1v) is 12.9. The van der Waals surface area contributed by atoms with Crippen LogP contribution in [0.5, 0.6) is 11.5 Å². The van der Waals surface area contributed by atoms with Gasteiger partial charge in [-0.05, 0) is 75.2 Å². The fraction of sp³-hybridized carbons (Fsp3) is 0.120. The molecule has 3 aromatic rings. The molecule has 180 valence electrons. The lowest BCUT2D eigenvalue weighted by atomic mass is 10.1. The summed E-state index contributed by atoms with van der Waals surface area (Å²) in [5.41, 5.74) is 2.12. The average molecular weight is 614 g/mol. The van der Waals surface area contributed by atoms with Crippen LogP contribution in [0.1, 0.15) is 16.7 Å². The third kappa shape index (κ3) is 5.98. The van der Waals surface area contributed by atoms with E-state index in [0.717, 1.165) is 17.3 Å². The van der Waals surface area contributed by atoms with Gasteiger partial charge in [-0.25, -0.2) is 0 Å². The van der Waals surface area contributed by atoms with Crippen LogP contribution in [0.4, 0.5) is 4.79 Å². The van der Waals surface area contributed by atoms with Gasteiger partial charge in [0.1, 0.15) is 6.61 Å². The van der Waals surface area contributed by atoms with E-state index >= 15 is 0 Å². The van der Waals surface area contributed by atoms with Crippen molar-refractivity contribution in [1.82, 2.24) is 4.90 Å². The predicted octanol–water partition coefficient (Wildman–Crippen LogP) is 8.23. The summed E-state index contributed by atoms with van der Waals surface area (Å²) in [4.78, 5) is 26.9. The van der Waals surface area contributed by atoms with Gasteiger partial charge in [0.05, 0.1) is 23.0 Å². The van der Waals surface area contributed by atoms with Crippen molar-refractivity contribution in [3.05, 3.63) is 95.7 Å². The second-order valence-corrected chi connectivity index (χ2v) is 10.5. The number of thioether (sulfide) groups is 1. The number of carbonyl (C=O) groups excluding carboxylic acids is 2. The van der Waals surface area contributed by atoms with Gasteiger partial charge in [0.2, 0.25) is 0 Å². The molecular formula is C25H17BrCl3NO4S. The summed E-state index contributed by atoms with van der Waals surface area (Å²) in [6, 6.07) is 15.8. The van der Waals surface area contributed by atoms with Crippen LogP contribution < -0.4 is 9.47 Å². The molecule has 3 aromatic carbocycles. The zero-order chi connectivity index (χ0) is 25.1. The van der Waals surface area contributed by atoms with Gasteiger partial charge in [-0.2, -0.15) is 0 Å². The van der Waals surface area contributed by atoms with Crippen LogP contribution in [-0.2, 0) is 17.9 Å². The molecule has 0 aromatic heterocycles. The Kier molecular flexibility index (Phi) is 8.34. The second-order valence-electron chi connectivity index (χ2n) is 7.42. The summed E-state index contributed by atoms with van der Waals surface area (Å²) >= 11 is 22.8. The highest BCUT2D eigenvalue weighted by atomic mass is 79.9. The Morgan fingerprint density at radius 3 is 2.49 bits per heavy atom. The van der Waals surface area contributed by atoms with Gasteiger partial charge in [-0.1, -0.05) is 59.1 Å². The van der Waals surface area contributed by atoms with Crippen LogP contribution >= 0.6 is 62.5 Å². The van der Waals surface area contributed by atoms with Crippen LogP contribution in [0.25, 0.3) is 6.08 Å². The lowest BCUT2D eigenvalue weighted by molar-refractivity contribution is -0.123. The summed E-state index contributed by atoms with van der Waals surface area (Å²) in [5.74, 6) is 0.543. The van der Waals surface area contributed by atoms with Crippen molar-refractivity contribution in [3.8, 4) is 11.5 Å². The lowest BCUT2D eigenvalue weighted by Gasteiger charge is -2.15. The molecule has 1 aliphatic heterocycles. The first kappa shape index (κ1) is 25.9.